The van der Waals surface area contributed by atoms with E-state index in [1.54, 1.807) is 0 Å². The van der Waals surface area contributed by atoms with Gasteiger partial charge in [0.25, 0.3) is 0 Å². The van der Waals surface area contributed by atoms with Gasteiger partial charge in [-0.1, -0.05) is 13.8 Å². The molecule has 1 aliphatic heterocycles. The molecule has 0 aromatic carbocycles. The number of carbonyl (C=O) groups excluding carboxylic acids is 1. The summed E-state index contributed by atoms with van der Waals surface area (Å²) in [7, 11) is 0. The molecule has 4 heteroatoms. The molecule has 1 amide bonds. The van der Waals surface area contributed by atoms with Gasteiger partial charge >= 0.3 is 0 Å². The predicted molar refractivity (Wildman–Crippen MR) is 52.5 cm³/mol. The fraction of sp³-hybridized carbons (Fsp3) is 0.900. The molecule has 1 atom stereocenters. The normalized spacial score (nSPS) is 22.4. The molecule has 82 valence electrons. The van der Waals surface area contributed by atoms with E-state index in [1.165, 1.54) is 0 Å². The monoisotopic (exact) mass is 201 g/mol. The smallest absolute Gasteiger partial charge is 0.248 e. The third-order valence-electron chi connectivity index (χ3n) is 2.12. The maximum Gasteiger partial charge on any atom is 0.248 e. The summed E-state index contributed by atoms with van der Waals surface area (Å²) in [6.45, 7) is 5.93. The molecule has 0 bridgehead atoms. The number of hydrogen-bond donors (Lipinski definition) is 1. The summed E-state index contributed by atoms with van der Waals surface area (Å²) in [6, 6.07) is 0. The van der Waals surface area contributed by atoms with Gasteiger partial charge < -0.3 is 4.74 Å². The zero-order valence-corrected chi connectivity index (χ0v) is 8.91. The lowest BCUT2D eigenvalue weighted by molar-refractivity contribution is -0.142. The van der Waals surface area contributed by atoms with E-state index in [1.807, 2.05) is 13.8 Å². The van der Waals surface area contributed by atoms with Gasteiger partial charge in [-0.05, 0) is 18.8 Å². The maximum absolute atomic E-state index is 11.5. The quantitative estimate of drug-likeness (QED) is 0.693. The lowest BCUT2D eigenvalue weighted by Gasteiger charge is -2.21. The molecule has 14 heavy (non-hydrogen) atoms. The van der Waals surface area contributed by atoms with E-state index in [2.05, 4.69) is 5.48 Å². The highest BCUT2D eigenvalue weighted by molar-refractivity contribution is 5.77. The number of ether oxygens (including phenoxy) is 1. The second-order valence-electron chi connectivity index (χ2n) is 4.09. The predicted octanol–water partition coefficient (Wildman–Crippen LogP) is 1.12. The zero-order chi connectivity index (χ0) is 10.4. The molecule has 0 radical (unpaired) electrons. The van der Waals surface area contributed by atoms with Crippen LogP contribution in [0.2, 0.25) is 0 Å². The molecule has 1 heterocycles. The van der Waals surface area contributed by atoms with Crippen LogP contribution in [0.15, 0.2) is 0 Å². The Balaban J connectivity index is 2.13. The van der Waals surface area contributed by atoms with Crippen LogP contribution in [0.5, 0.6) is 0 Å². The Morgan fingerprint density at radius 3 is 3.00 bits per heavy atom. The van der Waals surface area contributed by atoms with Crippen molar-refractivity contribution in [1.29, 1.82) is 0 Å². The molecule has 0 aromatic heterocycles. The average molecular weight is 201 g/mol. The van der Waals surface area contributed by atoms with Crippen molar-refractivity contribution in [2.75, 3.05) is 19.8 Å². The van der Waals surface area contributed by atoms with Gasteiger partial charge in [-0.3, -0.25) is 9.63 Å². The van der Waals surface area contributed by atoms with Crippen molar-refractivity contribution >= 4 is 5.91 Å². The molecule has 0 spiro atoms. The van der Waals surface area contributed by atoms with Crippen LogP contribution in [0.3, 0.4) is 0 Å². The Morgan fingerprint density at radius 1 is 1.64 bits per heavy atom. The molecule has 1 N–H and O–H groups in total. The minimum Gasteiger partial charge on any atom is -0.381 e. The van der Waals surface area contributed by atoms with Crippen molar-refractivity contribution in [2.24, 2.45) is 11.8 Å². The highest BCUT2D eigenvalue weighted by Crippen LogP contribution is 2.13. The largest absolute Gasteiger partial charge is 0.381 e. The van der Waals surface area contributed by atoms with Gasteiger partial charge in [0.15, 0.2) is 0 Å². The standard InChI is InChI=1S/C10H19NO3/c1-8(2)6-14-11-10(12)9-4-3-5-13-7-9/h8-9H,3-7H2,1-2H3,(H,11,12). The molecule has 1 fully saturated rings. The molecule has 0 saturated carbocycles. The Bertz CT molecular complexity index is 176. The van der Waals surface area contributed by atoms with E-state index in [0.717, 1.165) is 19.4 Å². The molecule has 1 aliphatic rings. The summed E-state index contributed by atoms with van der Waals surface area (Å²) in [5.41, 5.74) is 2.46. The Labute approximate surface area is 84.9 Å². The third kappa shape index (κ3) is 4.07. The summed E-state index contributed by atoms with van der Waals surface area (Å²) in [5, 5.41) is 0. The number of rotatable bonds is 4. The van der Waals surface area contributed by atoms with Gasteiger partial charge in [-0.2, -0.15) is 0 Å². The van der Waals surface area contributed by atoms with Gasteiger partial charge in [-0.25, -0.2) is 5.48 Å². The van der Waals surface area contributed by atoms with E-state index >= 15 is 0 Å². The van der Waals surface area contributed by atoms with Crippen molar-refractivity contribution in [3.05, 3.63) is 0 Å². The minimum absolute atomic E-state index is 0.0316. The lowest BCUT2D eigenvalue weighted by atomic mass is 10.0. The van der Waals surface area contributed by atoms with Crippen LogP contribution < -0.4 is 5.48 Å². The van der Waals surface area contributed by atoms with Crippen molar-refractivity contribution in [2.45, 2.75) is 26.7 Å². The van der Waals surface area contributed by atoms with Gasteiger partial charge in [0.2, 0.25) is 5.91 Å². The second kappa shape index (κ2) is 5.98. The number of hydrogen-bond acceptors (Lipinski definition) is 3. The number of hydroxylamine groups is 1. The third-order valence-corrected chi connectivity index (χ3v) is 2.12. The number of nitrogens with one attached hydrogen (secondary N) is 1. The van der Waals surface area contributed by atoms with Crippen LogP contribution >= 0.6 is 0 Å². The maximum atomic E-state index is 11.5. The van der Waals surface area contributed by atoms with Crippen LogP contribution in [-0.2, 0) is 14.4 Å². The molecule has 1 unspecified atom stereocenters. The summed E-state index contributed by atoms with van der Waals surface area (Å²) in [5.74, 6) is 0.346. The van der Waals surface area contributed by atoms with Gasteiger partial charge in [0, 0.05) is 6.61 Å². The van der Waals surface area contributed by atoms with E-state index in [-0.39, 0.29) is 11.8 Å². The zero-order valence-electron chi connectivity index (χ0n) is 8.91. The Morgan fingerprint density at radius 2 is 2.43 bits per heavy atom. The van der Waals surface area contributed by atoms with Crippen LogP contribution in [0.4, 0.5) is 0 Å². The molecule has 4 nitrogen and oxygen atoms in total. The van der Waals surface area contributed by atoms with Crippen LogP contribution in [0.25, 0.3) is 0 Å². The molecule has 1 rings (SSSR count). The highest BCUT2D eigenvalue weighted by Gasteiger charge is 2.21. The lowest BCUT2D eigenvalue weighted by Crippen LogP contribution is -2.36. The van der Waals surface area contributed by atoms with Crippen molar-refractivity contribution in [3.63, 3.8) is 0 Å². The van der Waals surface area contributed by atoms with Gasteiger partial charge in [-0.15, -0.1) is 0 Å². The first kappa shape index (κ1) is 11.5. The van der Waals surface area contributed by atoms with Gasteiger partial charge in [0.1, 0.15) is 0 Å². The van der Waals surface area contributed by atoms with Crippen molar-refractivity contribution in [3.8, 4) is 0 Å². The first-order chi connectivity index (χ1) is 6.70. The molecular weight excluding hydrogens is 182 g/mol. The first-order valence-electron chi connectivity index (χ1n) is 5.19. The van der Waals surface area contributed by atoms with E-state index in [9.17, 15) is 4.79 Å². The number of carbonyl (C=O) groups is 1. The van der Waals surface area contributed by atoms with Crippen molar-refractivity contribution < 1.29 is 14.4 Å². The fourth-order valence-electron chi connectivity index (χ4n) is 1.31. The summed E-state index contributed by atoms with van der Waals surface area (Å²) >= 11 is 0. The highest BCUT2D eigenvalue weighted by atomic mass is 16.7. The van der Waals surface area contributed by atoms with Crippen LogP contribution in [0.1, 0.15) is 26.7 Å². The Kier molecular flexibility index (Phi) is 4.90. The number of amides is 1. The van der Waals surface area contributed by atoms with E-state index in [4.69, 9.17) is 9.57 Å². The fourth-order valence-corrected chi connectivity index (χ4v) is 1.31. The van der Waals surface area contributed by atoms with E-state index < -0.39 is 0 Å². The molecular formula is C10H19NO3. The molecule has 1 saturated heterocycles. The minimum atomic E-state index is -0.0506. The summed E-state index contributed by atoms with van der Waals surface area (Å²) in [4.78, 5) is 16.5. The second-order valence-corrected chi connectivity index (χ2v) is 4.09. The Hall–Kier alpha value is -0.610. The summed E-state index contributed by atoms with van der Waals surface area (Å²) in [6.07, 6.45) is 1.86. The van der Waals surface area contributed by atoms with E-state index in [0.29, 0.717) is 19.1 Å². The first-order valence-corrected chi connectivity index (χ1v) is 5.19. The van der Waals surface area contributed by atoms with Crippen LogP contribution in [0, 0.1) is 11.8 Å². The molecule has 0 aromatic rings. The van der Waals surface area contributed by atoms with Gasteiger partial charge in [0.05, 0.1) is 19.1 Å². The average Bonchev–Trinajstić information content (AvgIpc) is 2.18. The summed E-state index contributed by atoms with van der Waals surface area (Å²) < 4.78 is 5.21. The topological polar surface area (TPSA) is 47.6 Å². The molecule has 0 aliphatic carbocycles. The SMILES string of the molecule is CC(C)CONC(=O)C1CCCOC1. The van der Waals surface area contributed by atoms with Crippen molar-refractivity contribution in [1.82, 2.24) is 5.48 Å². The van der Waals surface area contributed by atoms with Crippen LogP contribution in [-0.4, -0.2) is 25.7 Å².